The molecular formula is C17H20O3. The molecule has 3 heteroatoms. The Morgan fingerprint density at radius 3 is 2.45 bits per heavy atom. The van der Waals surface area contributed by atoms with Crippen LogP contribution < -0.4 is 9.47 Å². The molecule has 0 amide bonds. The van der Waals surface area contributed by atoms with Crippen molar-refractivity contribution in [1.29, 1.82) is 0 Å². The van der Waals surface area contributed by atoms with Crippen molar-refractivity contribution in [3.8, 4) is 11.5 Å². The van der Waals surface area contributed by atoms with E-state index < -0.39 is 6.10 Å². The van der Waals surface area contributed by atoms with Crippen LogP contribution in [0, 0.1) is 0 Å². The number of ether oxygens (including phenoxy) is 2. The molecule has 0 saturated carbocycles. The summed E-state index contributed by atoms with van der Waals surface area (Å²) in [6.45, 7) is 2.32. The predicted octanol–water partition coefficient (Wildman–Crippen LogP) is 3.37. The van der Waals surface area contributed by atoms with Crippen molar-refractivity contribution >= 4 is 0 Å². The van der Waals surface area contributed by atoms with Gasteiger partial charge >= 0.3 is 0 Å². The Morgan fingerprint density at radius 2 is 1.80 bits per heavy atom. The van der Waals surface area contributed by atoms with Gasteiger partial charge in [-0.2, -0.15) is 0 Å². The molecule has 0 unspecified atom stereocenters. The second kappa shape index (κ2) is 6.96. The van der Waals surface area contributed by atoms with E-state index in [1.54, 1.807) is 14.0 Å². The molecule has 2 rings (SSSR count). The van der Waals surface area contributed by atoms with E-state index in [0.717, 1.165) is 12.0 Å². The minimum atomic E-state index is -0.512. The highest BCUT2D eigenvalue weighted by Crippen LogP contribution is 2.30. The summed E-state index contributed by atoms with van der Waals surface area (Å²) in [6, 6.07) is 15.7. The third-order valence-electron chi connectivity index (χ3n) is 3.16. The van der Waals surface area contributed by atoms with Gasteiger partial charge in [-0.25, -0.2) is 0 Å². The van der Waals surface area contributed by atoms with Crippen LogP contribution in [0.5, 0.6) is 11.5 Å². The molecule has 0 aliphatic carbocycles. The first-order valence-corrected chi connectivity index (χ1v) is 6.73. The average Bonchev–Trinajstić information content (AvgIpc) is 2.48. The van der Waals surface area contributed by atoms with E-state index in [1.165, 1.54) is 5.56 Å². The number of aliphatic hydroxyl groups excluding tert-OH is 1. The molecule has 3 nitrogen and oxygen atoms in total. The number of hydrogen-bond donors (Lipinski definition) is 1. The molecule has 0 saturated heterocycles. The zero-order valence-corrected chi connectivity index (χ0v) is 11.9. The zero-order chi connectivity index (χ0) is 14.4. The Morgan fingerprint density at radius 1 is 1.05 bits per heavy atom. The number of hydrogen-bond acceptors (Lipinski definition) is 3. The van der Waals surface area contributed by atoms with E-state index in [0.29, 0.717) is 18.1 Å². The Kier molecular flexibility index (Phi) is 5.02. The smallest absolute Gasteiger partial charge is 0.161 e. The number of benzene rings is 2. The summed E-state index contributed by atoms with van der Waals surface area (Å²) in [7, 11) is 1.60. The summed E-state index contributed by atoms with van der Waals surface area (Å²) in [5, 5.41) is 9.56. The molecular weight excluding hydrogens is 252 g/mol. The van der Waals surface area contributed by atoms with Gasteiger partial charge in [0.05, 0.1) is 19.8 Å². The SMILES string of the molecule is COc1cc([C@@H](C)O)ccc1OCCc1ccccc1. The van der Waals surface area contributed by atoms with E-state index in [1.807, 2.05) is 36.4 Å². The highest BCUT2D eigenvalue weighted by Gasteiger charge is 2.08. The van der Waals surface area contributed by atoms with Crippen molar-refractivity contribution in [2.45, 2.75) is 19.4 Å². The van der Waals surface area contributed by atoms with Gasteiger partial charge in [-0.15, -0.1) is 0 Å². The van der Waals surface area contributed by atoms with E-state index >= 15 is 0 Å². The lowest BCUT2D eigenvalue weighted by molar-refractivity contribution is 0.198. The molecule has 2 aromatic carbocycles. The molecule has 0 aliphatic rings. The maximum absolute atomic E-state index is 9.56. The molecule has 1 N–H and O–H groups in total. The molecule has 1 atom stereocenters. The van der Waals surface area contributed by atoms with Crippen molar-refractivity contribution in [3.05, 3.63) is 59.7 Å². The van der Waals surface area contributed by atoms with Gasteiger partial charge in [-0.1, -0.05) is 36.4 Å². The largest absolute Gasteiger partial charge is 0.493 e. The fourth-order valence-electron chi connectivity index (χ4n) is 1.99. The second-order valence-electron chi connectivity index (χ2n) is 4.67. The Labute approximate surface area is 119 Å². The van der Waals surface area contributed by atoms with Crippen LogP contribution >= 0.6 is 0 Å². The minimum Gasteiger partial charge on any atom is -0.493 e. The normalized spacial score (nSPS) is 11.9. The fraction of sp³-hybridized carbons (Fsp3) is 0.294. The highest BCUT2D eigenvalue weighted by molar-refractivity contribution is 5.43. The van der Waals surface area contributed by atoms with Crippen LogP contribution in [0.25, 0.3) is 0 Å². The summed E-state index contributed by atoms with van der Waals surface area (Å²) in [5.74, 6) is 1.35. The molecule has 0 radical (unpaired) electrons. The summed E-state index contributed by atoms with van der Waals surface area (Å²) in [4.78, 5) is 0. The van der Waals surface area contributed by atoms with Gasteiger partial charge in [0.15, 0.2) is 11.5 Å². The average molecular weight is 272 g/mol. The Bertz CT molecular complexity index is 535. The molecule has 106 valence electrons. The lowest BCUT2D eigenvalue weighted by atomic mass is 10.1. The molecule has 0 heterocycles. The van der Waals surface area contributed by atoms with Crippen molar-refractivity contribution in [2.75, 3.05) is 13.7 Å². The molecule has 2 aromatic rings. The third-order valence-corrected chi connectivity index (χ3v) is 3.16. The summed E-state index contributed by atoms with van der Waals surface area (Å²) < 4.78 is 11.1. The Balaban J connectivity index is 1.99. The summed E-state index contributed by atoms with van der Waals surface area (Å²) in [6.07, 6.45) is 0.338. The van der Waals surface area contributed by atoms with Crippen molar-refractivity contribution in [2.24, 2.45) is 0 Å². The molecule has 20 heavy (non-hydrogen) atoms. The van der Waals surface area contributed by atoms with E-state index in [9.17, 15) is 5.11 Å². The summed E-state index contributed by atoms with van der Waals surface area (Å²) >= 11 is 0. The van der Waals surface area contributed by atoms with Gasteiger partial charge < -0.3 is 14.6 Å². The number of methoxy groups -OCH3 is 1. The van der Waals surface area contributed by atoms with Gasteiger partial charge in [-0.3, -0.25) is 0 Å². The molecule has 0 aromatic heterocycles. The van der Waals surface area contributed by atoms with E-state index in [4.69, 9.17) is 9.47 Å². The molecule has 0 bridgehead atoms. The molecule has 0 aliphatic heterocycles. The topological polar surface area (TPSA) is 38.7 Å². The first kappa shape index (κ1) is 14.4. The second-order valence-corrected chi connectivity index (χ2v) is 4.67. The number of rotatable bonds is 6. The number of aliphatic hydroxyl groups is 1. The van der Waals surface area contributed by atoms with Gasteiger partial charge in [0.25, 0.3) is 0 Å². The first-order valence-electron chi connectivity index (χ1n) is 6.73. The van der Waals surface area contributed by atoms with Gasteiger partial charge in [0, 0.05) is 6.42 Å². The van der Waals surface area contributed by atoms with Crippen LogP contribution in [0.4, 0.5) is 0 Å². The van der Waals surface area contributed by atoms with Gasteiger partial charge in [-0.05, 0) is 30.2 Å². The van der Waals surface area contributed by atoms with E-state index in [2.05, 4.69) is 12.1 Å². The predicted molar refractivity (Wildman–Crippen MR) is 79.3 cm³/mol. The minimum absolute atomic E-state index is 0.512. The zero-order valence-electron chi connectivity index (χ0n) is 11.9. The first-order chi connectivity index (χ1) is 9.70. The van der Waals surface area contributed by atoms with Crippen LogP contribution in [0.1, 0.15) is 24.2 Å². The lowest BCUT2D eigenvalue weighted by Crippen LogP contribution is -2.03. The maximum Gasteiger partial charge on any atom is 0.161 e. The fourth-order valence-corrected chi connectivity index (χ4v) is 1.99. The Hall–Kier alpha value is -2.00. The van der Waals surface area contributed by atoms with Gasteiger partial charge in [0.1, 0.15) is 0 Å². The maximum atomic E-state index is 9.56. The quantitative estimate of drug-likeness (QED) is 0.876. The standard InChI is InChI=1S/C17H20O3/c1-13(18)15-8-9-16(17(12-15)19-2)20-11-10-14-6-4-3-5-7-14/h3-9,12-13,18H,10-11H2,1-2H3/t13-/m1/s1. The van der Waals surface area contributed by atoms with Crippen molar-refractivity contribution < 1.29 is 14.6 Å². The van der Waals surface area contributed by atoms with Crippen LogP contribution in [0.3, 0.4) is 0 Å². The molecule has 0 spiro atoms. The van der Waals surface area contributed by atoms with Crippen LogP contribution in [0.15, 0.2) is 48.5 Å². The van der Waals surface area contributed by atoms with E-state index in [-0.39, 0.29) is 0 Å². The summed E-state index contributed by atoms with van der Waals surface area (Å²) in [5.41, 5.74) is 2.06. The molecule has 0 fully saturated rings. The van der Waals surface area contributed by atoms with Crippen LogP contribution in [-0.2, 0) is 6.42 Å². The lowest BCUT2D eigenvalue weighted by Gasteiger charge is -2.13. The third kappa shape index (κ3) is 3.75. The van der Waals surface area contributed by atoms with Gasteiger partial charge in [0.2, 0.25) is 0 Å². The van der Waals surface area contributed by atoms with Crippen LogP contribution in [-0.4, -0.2) is 18.8 Å². The van der Waals surface area contributed by atoms with Crippen LogP contribution in [0.2, 0.25) is 0 Å². The monoisotopic (exact) mass is 272 g/mol. The van der Waals surface area contributed by atoms with Crippen molar-refractivity contribution in [3.63, 3.8) is 0 Å². The van der Waals surface area contributed by atoms with Crippen molar-refractivity contribution in [1.82, 2.24) is 0 Å². The highest BCUT2D eigenvalue weighted by atomic mass is 16.5.